The third-order valence-electron chi connectivity index (χ3n) is 3.65. The largest absolute Gasteiger partial charge is 0.444 e. The molecule has 0 aromatic heterocycles. The van der Waals surface area contributed by atoms with E-state index in [1.54, 1.807) is 27.7 Å². The Balaban J connectivity index is 1.89. The topological polar surface area (TPSA) is 87.7 Å². The number of aliphatic hydroxyl groups is 1. The minimum Gasteiger partial charge on any atom is -0.444 e. The zero-order valence-corrected chi connectivity index (χ0v) is 13.9. The van der Waals surface area contributed by atoms with Crippen LogP contribution in [-0.4, -0.2) is 34.8 Å². The summed E-state index contributed by atoms with van der Waals surface area (Å²) in [7, 11) is 0. The van der Waals surface area contributed by atoms with Gasteiger partial charge in [0, 0.05) is 0 Å². The maximum absolute atomic E-state index is 12.2. The second-order valence-corrected chi connectivity index (χ2v) is 6.83. The second kappa shape index (κ2) is 6.58. The lowest BCUT2D eigenvalue weighted by molar-refractivity contribution is -0.124. The Bertz CT molecular complexity index is 595. The first-order valence-electron chi connectivity index (χ1n) is 7.73. The van der Waals surface area contributed by atoms with Crippen molar-refractivity contribution in [3.05, 3.63) is 35.4 Å². The average molecular weight is 320 g/mol. The number of ether oxygens (including phenoxy) is 1. The van der Waals surface area contributed by atoms with Crippen LogP contribution in [0, 0.1) is 0 Å². The van der Waals surface area contributed by atoms with Crippen molar-refractivity contribution in [1.82, 2.24) is 10.6 Å². The van der Waals surface area contributed by atoms with Crippen LogP contribution in [0.1, 0.15) is 44.9 Å². The van der Waals surface area contributed by atoms with Gasteiger partial charge in [-0.05, 0) is 45.2 Å². The molecule has 0 radical (unpaired) electrons. The minimum absolute atomic E-state index is 0.354. The van der Waals surface area contributed by atoms with E-state index in [0.29, 0.717) is 6.42 Å². The highest BCUT2D eigenvalue weighted by Gasteiger charge is 2.33. The van der Waals surface area contributed by atoms with E-state index in [4.69, 9.17) is 4.74 Å². The molecule has 2 rings (SSSR count). The SMILES string of the molecule is C[C@@H](NC(=O)OC(C)(C)C)C(=O)N[C@H]1Cc2ccccc2[C@H]1O. The van der Waals surface area contributed by atoms with Gasteiger partial charge in [-0.1, -0.05) is 24.3 Å². The van der Waals surface area contributed by atoms with Gasteiger partial charge in [-0.15, -0.1) is 0 Å². The molecule has 6 nitrogen and oxygen atoms in total. The standard InChI is InChI=1S/C17H24N2O4/c1-10(18-16(22)23-17(2,3)4)15(21)19-13-9-11-7-5-6-8-12(11)14(13)20/h5-8,10,13-14,20H,9H2,1-4H3,(H,18,22)(H,19,21)/t10-,13+,14-/m1/s1. The molecule has 0 spiro atoms. The van der Waals surface area contributed by atoms with Gasteiger partial charge in [-0.25, -0.2) is 4.79 Å². The number of hydrogen-bond acceptors (Lipinski definition) is 4. The van der Waals surface area contributed by atoms with E-state index in [1.165, 1.54) is 0 Å². The van der Waals surface area contributed by atoms with Gasteiger partial charge < -0.3 is 20.5 Å². The molecule has 2 amide bonds. The highest BCUT2D eigenvalue weighted by Crippen LogP contribution is 2.30. The molecule has 0 aliphatic heterocycles. The zero-order chi connectivity index (χ0) is 17.2. The van der Waals surface area contributed by atoms with Crippen molar-refractivity contribution in [2.45, 2.75) is 57.9 Å². The van der Waals surface area contributed by atoms with E-state index in [1.807, 2.05) is 24.3 Å². The Kier molecular flexibility index (Phi) is 4.94. The normalized spacial score (nSPS) is 21.3. The lowest BCUT2D eigenvalue weighted by Gasteiger charge is -2.23. The molecule has 1 aliphatic rings. The third-order valence-corrected chi connectivity index (χ3v) is 3.65. The fraction of sp³-hybridized carbons (Fsp3) is 0.529. The quantitative estimate of drug-likeness (QED) is 0.790. The number of carbonyl (C=O) groups is 2. The van der Waals surface area contributed by atoms with Crippen LogP contribution in [0.15, 0.2) is 24.3 Å². The highest BCUT2D eigenvalue weighted by atomic mass is 16.6. The number of benzene rings is 1. The van der Waals surface area contributed by atoms with Crippen LogP contribution in [0.4, 0.5) is 4.79 Å². The number of alkyl carbamates (subject to hydrolysis) is 1. The van der Waals surface area contributed by atoms with E-state index in [0.717, 1.165) is 11.1 Å². The van der Waals surface area contributed by atoms with Crippen molar-refractivity contribution in [3.63, 3.8) is 0 Å². The Morgan fingerprint density at radius 3 is 2.57 bits per heavy atom. The summed E-state index contributed by atoms with van der Waals surface area (Å²) < 4.78 is 5.12. The number of aliphatic hydroxyl groups excluding tert-OH is 1. The molecule has 3 N–H and O–H groups in total. The van der Waals surface area contributed by atoms with Gasteiger partial charge >= 0.3 is 6.09 Å². The van der Waals surface area contributed by atoms with Gasteiger partial charge in [0.1, 0.15) is 11.6 Å². The molecule has 0 fully saturated rings. The summed E-state index contributed by atoms with van der Waals surface area (Å²) in [6.07, 6.45) is -0.804. The number of carbonyl (C=O) groups excluding carboxylic acids is 2. The van der Waals surface area contributed by atoms with E-state index >= 15 is 0 Å². The molecule has 0 saturated carbocycles. The predicted octanol–water partition coefficient (Wildman–Crippen LogP) is 1.67. The smallest absolute Gasteiger partial charge is 0.408 e. The molecule has 1 aromatic carbocycles. The van der Waals surface area contributed by atoms with E-state index in [9.17, 15) is 14.7 Å². The molecule has 6 heteroatoms. The van der Waals surface area contributed by atoms with Crippen molar-refractivity contribution in [1.29, 1.82) is 0 Å². The van der Waals surface area contributed by atoms with Gasteiger partial charge in [0.25, 0.3) is 0 Å². The number of amides is 2. The summed E-state index contributed by atoms with van der Waals surface area (Å²) in [6, 6.07) is 6.42. The molecule has 23 heavy (non-hydrogen) atoms. The fourth-order valence-electron chi connectivity index (χ4n) is 2.56. The lowest BCUT2D eigenvalue weighted by atomic mass is 10.1. The van der Waals surface area contributed by atoms with E-state index < -0.39 is 23.8 Å². The third kappa shape index (κ3) is 4.45. The first kappa shape index (κ1) is 17.3. The van der Waals surface area contributed by atoms with Crippen molar-refractivity contribution in [3.8, 4) is 0 Å². The Morgan fingerprint density at radius 2 is 1.96 bits per heavy atom. The van der Waals surface area contributed by atoms with Gasteiger partial charge in [0.2, 0.25) is 5.91 Å². The van der Waals surface area contributed by atoms with Crippen molar-refractivity contribution in [2.75, 3.05) is 0 Å². The molecule has 3 atom stereocenters. The Morgan fingerprint density at radius 1 is 1.30 bits per heavy atom. The maximum atomic E-state index is 12.2. The molecule has 1 aromatic rings. The molecule has 1 aliphatic carbocycles. The van der Waals surface area contributed by atoms with Crippen molar-refractivity contribution >= 4 is 12.0 Å². The van der Waals surface area contributed by atoms with Crippen LogP contribution in [-0.2, 0) is 16.0 Å². The summed E-state index contributed by atoms with van der Waals surface area (Å²) in [6.45, 7) is 6.84. The number of fused-ring (bicyclic) bond motifs is 1. The van der Waals surface area contributed by atoms with Crippen LogP contribution in [0.5, 0.6) is 0 Å². The highest BCUT2D eigenvalue weighted by molar-refractivity contribution is 5.85. The van der Waals surface area contributed by atoms with Gasteiger partial charge in [-0.3, -0.25) is 4.79 Å². The van der Waals surface area contributed by atoms with Gasteiger partial charge in [0.15, 0.2) is 0 Å². The first-order valence-corrected chi connectivity index (χ1v) is 7.73. The van der Waals surface area contributed by atoms with Crippen molar-refractivity contribution < 1.29 is 19.4 Å². The summed E-state index contributed by atoms with van der Waals surface area (Å²) >= 11 is 0. The van der Waals surface area contributed by atoms with Crippen LogP contribution < -0.4 is 10.6 Å². The summed E-state index contributed by atoms with van der Waals surface area (Å²) in [4.78, 5) is 23.9. The average Bonchev–Trinajstić information content (AvgIpc) is 2.73. The van der Waals surface area contributed by atoms with E-state index in [-0.39, 0.29) is 11.9 Å². The maximum Gasteiger partial charge on any atom is 0.408 e. The van der Waals surface area contributed by atoms with Crippen LogP contribution in [0.25, 0.3) is 0 Å². The molecule has 0 bridgehead atoms. The number of nitrogens with one attached hydrogen (secondary N) is 2. The van der Waals surface area contributed by atoms with Gasteiger partial charge in [0.05, 0.1) is 12.1 Å². The summed E-state index contributed by atoms with van der Waals surface area (Å²) in [5.74, 6) is -0.354. The fourth-order valence-corrected chi connectivity index (χ4v) is 2.56. The van der Waals surface area contributed by atoms with Crippen LogP contribution in [0.2, 0.25) is 0 Å². The molecule has 0 saturated heterocycles. The second-order valence-electron chi connectivity index (χ2n) is 6.83. The van der Waals surface area contributed by atoms with E-state index in [2.05, 4.69) is 10.6 Å². The van der Waals surface area contributed by atoms with Crippen LogP contribution >= 0.6 is 0 Å². The zero-order valence-electron chi connectivity index (χ0n) is 13.9. The molecular formula is C17H24N2O4. The predicted molar refractivity (Wildman–Crippen MR) is 85.9 cm³/mol. The Labute approximate surface area is 136 Å². The van der Waals surface area contributed by atoms with Crippen LogP contribution in [0.3, 0.4) is 0 Å². The molecule has 0 heterocycles. The molecular weight excluding hydrogens is 296 g/mol. The molecule has 126 valence electrons. The van der Waals surface area contributed by atoms with Crippen molar-refractivity contribution in [2.24, 2.45) is 0 Å². The monoisotopic (exact) mass is 320 g/mol. The lowest BCUT2D eigenvalue weighted by Crippen LogP contribution is -2.50. The Hall–Kier alpha value is -2.08. The minimum atomic E-state index is -0.749. The molecule has 0 unspecified atom stereocenters. The number of hydrogen-bond donors (Lipinski definition) is 3. The van der Waals surface area contributed by atoms with Gasteiger partial charge in [-0.2, -0.15) is 0 Å². The summed E-state index contributed by atoms with van der Waals surface area (Å²) in [5, 5.41) is 15.6. The summed E-state index contributed by atoms with van der Waals surface area (Å²) in [5.41, 5.74) is 1.24. The first-order chi connectivity index (χ1) is 10.7. The number of rotatable bonds is 3.